The lowest BCUT2D eigenvalue weighted by Gasteiger charge is -2.58. The zero-order valence-corrected chi connectivity index (χ0v) is 35.6. The number of nitrogens with zero attached hydrogens (tertiary/aromatic N) is 2. The number of benzene rings is 3. The van der Waals surface area contributed by atoms with Crippen molar-refractivity contribution >= 4 is 17.5 Å². The molecule has 59 heavy (non-hydrogen) atoms. The van der Waals surface area contributed by atoms with Crippen molar-refractivity contribution in [2.75, 3.05) is 25.6 Å². The summed E-state index contributed by atoms with van der Waals surface area (Å²) in [6.07, 6.45) is 14.6. The number of pyridine rings is 1. The highest BCUT2D eigenvalue weighted by atomic mass is 32.2. The molecular weight excluding hydrogens is 757 g/mol. The third kappa shape index (κ3) is 10.1. The van der Waals surface area contributed by atoms with Gasteiger partial charge in [0, 0.05) is 43.5 Å². The van der Waals surface area contributed by atoms with Crippen molar-refractivity contribution in [1.82, 2.24) is 4.98 Å². The average Bonchev–Trinajstić information content (AvgIpc) is 3.24. The Labute approximate surface area is 354 Å². The summed E-state index contributed by atoms with van der Waals surface area (Å²) >= 11 is 1.87. The van der Waals surface area contributed by atoms with Crippen LogP contribution >= 0.6 is 11.8 Å². The Bertz CT molecular complexity index is 2030. The molecule has 4 aromatic rings. The van der Waals surface area contributed by atoms with Crippen LogP contribution in [-0.2, 0) is 16.0 Å². The van der Waals surface area contributed by atoms with Crippen LogP contribution in [0.5, 0.6) is 17.2 Å². The molecule has 2 heterocycles. The fourth-order valence-corrected chi connectivity index (χ4v) is 10.5. The number of ether oxygens (including phenoxy) is 3. The topological polar surface area (TPSA) is 103 Å². The molecule has 7 rings (SSSR count). The van der Waals surface area contributed by atoms with Gasteiger partial charge >= 0.3 is 0 Å². The Morgan fingerprint density at radius 1 is 0.898 bits per heavy atom. The lowest BCUT2D eigenvalue weighted by Crippen LogP contribution is -2.64. The minimum absolute atomic E-state index is 0.0196. The van der Waals surface area contributed by atoms with Gasteiger partial charge in [-0.2, -0.15) is 11.8 Å². The SMILES string of the molecule is C=CCO[C@@]12Oc3ccc(Oc4ccc(-c5ccccc5)cc4)cc3[C@H]3[C@H](CCCCO)[C@@H](CCCCO)C=C(C(=NOC(C)(C)C)C[C@@H]1SCCc1ccncc1)[C@H]32. The summed E-state index contributed by atoms with van der Waals surface area (Å²) in [7, 11) is 0. The number of hydrogen-bond acceptors (Lipinski definition) is 9. The first kappa shape index (κ1) is 42.7. The standard InChI is InChI=1S/C50H60N2O6S/c1-5-30-55-50-46(59-31-25-35-23-26-51-27-24-35)34-44(52-58-49(2,3)4)42-32-38(15-9-11-28-53)41(16-10-12-29-54)47(48(42)50)43-33-40(21-22-45(43)57-50)56-39-19-17-37(18-20-39)36-13-7-6-8-14-36/h5-8,13-14,17-24,26-27,32-33,38,41,46-48,53-54H,1,9-12,15-16,25,28-31,34H2,2-4H3/t38-,41+,46-,47+,48+,50+/m0/s1. The van der Waals surface area contributed by atoms with Crippen molar-refractivity contribution in [2.45, 2.75) is 94.7 Å². The maximum atomic E-state index is 9.97. The highest BCUT2D eigenvalue weighted by molar-refractivity contribution is 8.00. The summed E-state index contributed by atoms with van der Waals surface area (Å²) in [5.41, 5.74) is 6.20. The molecule has 0 radical (unpaired) electrons. The van der Waals surface area contributed by atoms with Crippen molar-refractivity contribution in [1.29, 1.82) is 0 Å². The van der Waals surface area contributed by atoms with Crippen molar-refractivity contribution in [2.24, 2.45) is 22.9 Å². The van der Waals surface area contributed by atoms with Crippen LogP contribution in [0.25, 0.3) is 11.1 Å². The Kier molecular flexibility index (Phi) is 14.3. The van der Waals surface area contributed by atoms with Gasteiger partial charge in [-0.15, -0.1) is 6.58 Å². The molecule has 1 fully saturated rings. The van der Waals surface area contributed by atoms with Gasteiger partial charge in [-0.3, -0.25) is 4.98 Å². The molecule has 0 bridgehead atoms. The molecule has 1 aromatic heterocycles. The van der Waals surface area contributed by atoms with Crippen LogP contribution in [0.4, 0.5) is 0 Å². The largest absolute Gasteiger partial charge is 0.460 e. The summed E-state index contributed by atoms with van der Waals surface area (Å²) in [6, 6.07) is 29.0. The number of fused-ring (bicyclic) bond motifs is 2. The molecule has 0 spiro atoms. The molecule has 8 nitrogen and oxygen atoms in total. The predicted molar refractivity (Wildman–Crippen MR) is 238 cm³/mol. The predicted octanol–water partition coefficient (Wildman–Crippen LogP) is 10.9. The van der Waals surface area contributed by atoms with Crippen LogP contribution in [0, 0.1) is 17.8 Å². The van der Waals surface area contributed by atoms with E-state index in [1.807, 2.05) is 75.3 Å². The van der Waals surface area contributed by atoms with E-state index in [2.05, 4.69) is 78.3 Å². The molecule has 0 saturated heterocycles. The summed E-state index contributed by atoms with van der Waals surface area (Å²) in [5.74, 6) is 2.30. The third-order valence-corrected chi connectivity index (χ3v) is 13.0. The second kappa shape index (κ2) is 19.8. The molecule has 2 aliphatic carbocycles. The lowest BCUT2D eigenvalue weighted by atomic mass is 9.56. The molecule has 9 heteroatoms. The van der Waals surface area contributed by atoms with Crippen molar-refractivity contribution in [3.05, 3.63) is 133 Å². The van der Waals surface area contributed by atoms with Crippen LogP contribution in [-0.4, -0.2) is 63.1 Å². The van der Waals surface area contributed by atoms with Crippen LogP contribution in [0.15, 0.2) is 127 Å². The van der Waals surface area contributed by atoms with Gasteiger partial charge < -0.3 is 29.3 Å². The van der Waals surface area contributed by atoms with E-state index < -0.39 is 11.4 Å². The summed E-state index contributed by atoms with van der Waals surface area (Å²) < 4.78 is 21.1. The molecular formula is C50H60N2O6S. The molecule has 6 atom stereocenters. The first-order valence-electron chi connectivity index (χ1n) is 21.3. The lowest BCUT2D eigenvalue weighted by molar-refractivity contribution is -0.223. The van der Waals surface area contributed by atoms with E-state index in [1.165, 1.54) is 5.56 Å². The Hall–Kier alpha value is -4.41. The van der Waals surface area contributed by atoms with Crippen LogP contribution in [0.2, 0.25) is 0 Å². The first-order chi connectivity index (χ1) is 28.7. The fraction of sp³-hybridized carbons (Fsp3) is 0.440. The van der Waals surface area contributed by atoms with Gasteiger partial charge in [0.1, 0.15) is 22.8 Å². The monoisotopic (exact) mass is 816 g/mol. The fourth-order valence-electron chi connectivity index (χ4n) is 9.08. The number of unbranched alkanes of at least 4 members (excludes halogenated alkanes) is 2. The number of aryl methyl sites for hydroxylation is 1. The quantitative estimate of drug-likeness (QED) is 0.0548. The van der Waals surface area contributed by atoms with E-state index >= 15 is 0 Å². The summed E-state index contributed by atoms with van der Waals surface area (Å²) in [6.45, 7) is 10.8. The Balaban J connectivity index is 1.34. The van der Waals surface area contributed by atoms with E-state index in [4.69, 9.17) is 24.2 Å². The third-order valence-electron chi connectivity index (χ3n) is 11.7. The van der Waals surface area contributed by atoms with Crippen molar-refractivity contribution in [3.63, 3.8) is 0 Å². The second-order valence-electron chi connectivity index (χ2n) is 16.9. The second-order valence-corrected chi connectivity index (χ2v) is 18.2. The molecule has 312 valence electrons. The van der Waals surface area contributed by atoms with Gasteiger partial charge in [0.2, 0.25) is 5.79 Å². The molecule has 0 unspecified atom stereocenters. The van der Waals surface area contributed by atoms with E-state index in [0.717, 1.165) is 95.9 Å². The smallest absolute Gasteiger partial charge is 0.230 e. The van der Waals surface area contributed by atoms with Gasteiger partial charge in [0.15, 0.2) is 0 Å². The number of aromatic nitrogens is 1. The molecule has 2 N–H and O–H groups in total. The molecule has 3 aromatic carbocycles. The number of hydrogen-bond donors (Lipinski definition) is 2. The maximum Gasteiger partial charge on any atom is 0.230 e. The molecule has 1 aliphatic heterocycles. The van der Waals surface area contributed by atoms with Gasteiger partial charge in [0.05, 0.1) is 23.5 Å². The zero-order valence-electron chi connectivity index (χ0n) is 34.8. The van der Waals surface area contributed by atoms with E-state index in [0.29, 0.717) is 13.0 Å². The summed E-state index contributed by atoms with van der Waals surface area (Å²) in [4.78, 5) is 10.5. The highest BCUT2D eigenvalue weighted by Gasteiger charge is 2.64. The zero-order chi connectivity index (χ0) is 41.2. The minimum atomic E-state index is -1.03. The molecule has 0 amide bonds. The van der Waals surface area contributed by atoms with E-state index in [1.54, 1.807) is 0 Å². The van der Waals surface area contributed by atoms with Gasteiger partial charge in [-0.25, -0.2) is 0 Å². The van der Waals surface area contributed by atoms with Crippen LogP contribution in [0.1, 0.15) is 82.8 Å². The minimum Gasteiger partial charge on any atom is -0.460 e. The average molecular weight is 817 g/mol. The number of oxime groups is 1. The molecule has 1 saturated carbocycles. The number of thioether (sulfide) groups is 1. The normalized spacial score (nSPS) is 24.1. The molecule has 3 aliphatic rings. The summed E-state index contributed by atoms with van der Waals surface area (Å²) in [5, 5.41) is 24.7. The van der Waals surface area contributed by atoms with Gasteiger partial charge in [0.25, 0.3) is 0 Å². The number of rotatable bonds is 19. The Morgan fingerprint density at radius 2 is 1.61 bits per heavy atom. The van der Waals surface area contributed by atoms with Gasteiger partial charge in [-0.1, -0.05) is 72.6 Å². The van der Waals surface area contributed by atoms with Crippen molar-refractivity contribution in [3.8, 4) is 28.4 Å². The van der Waals surface area contributed by atoms with Crippen LogP contribution < -0.4 is 9.47 Å². The number of aliphatic hydroxyl groups excluding tert-OH is 2. The highest BCUT2D eigenvalue weighted by Crippen LogP contribution is 2.62. The number of aliphatic hydroxyl groups is 2. The van der Waals surface area contributed by atoms with E-state index in [9.17, 15) is 10.2 Å². The first-order valence-corrected chi connectivity index (χ1v) is 22.4. The van der Waals surface area contributed by atoms with Crippen molar-refractivity contribution < 1.29 is 29.3 Å². The number of allylic oxidation sites excluding steroid dienone is 1. The Morgan fingerprint density at radius 3 is 2.32 bits per heavy atom. The van der Waals surface area contributed by atoms with E-state index in [-0.39, 0.29) is 42.1 Å². The van der Waals surface area contributed by atoms with Gasteiger partial charge in [-0.05, 0) is 135 Å². The maximum absolute atomic E-state index is 9.97. The van der Waals surface area contributed by atoms with Crippen LogP contribution in [0.3, 0.4) is 0 Å².